The van der Waals surface area contributed by atoms with Crippen molar-refractivity contribution in [2.45, 2.75) is 56.6 Å². The number of rotatable bonds is 5. The average molecular weight is 399 g/mol. The van der Waals surface area contributed by atoms with Gasteiger partial charge in [-0.05, 0) is 32.4 Å². The zero-order chi connectivity index (χ0) is 13.0. The molecule has 6 heteroatoms. The van der Waals surface area contributed by atoms with Gasteiger partial charge in [-0.2, -0.15) is 11.8 Å². The molecule has 2 aliphatic rings. The smallest absolute Gasteiger partial charge is 0.191 e. The predicted octanol–water partition coefficient (Wildman–Crippen LogP) is 2.23. The summed E-state index contributed by atoms with van der Waals surface area (Å²) >= 11 is 1.85. The number of halogens is 1. The minimum atomic E-state index is 0. The Labute approximate surface area is 137 Å². The molecular formula is C13H26IN3OS. The fraction of sp³-hybridized carbons (Fsp3) is 0.923. The highest BCUT2D eigenvalue weighted by atomic mass is 127. The maximum absolute atomic E-state index is 5.86. The third-order valence-electron chi connectivity index (χ3n) is 3.68. The van der Waals surface area contributed by atoms with Gasteiger partial charge in [0.1, 0.15) is 0 Å². The summed E-state index contributed by atoms with van der Waals surface area (Å²) in [5, 5.41) is 7.42. The maximum Gasteiger partial charge on any atom is 0.191 e. The van der Waals surface area contributed by atoms with Gasteiger partial charge in [-0.15, -0.1) is 24.0 Å². The van der Waals surface area contributed by atoms with Crippen LogP contribution >= 0.6 is 35.7 Å². The minimum absolute atomic E-state index is 0. The molecule has 0 aromatic carbocycles. The van der Waals surface area contributed by atoms with Crippen molar-refractivity contribution in [2.75, 3.05) is 19.3 Å². The van der Waals surface area contributed by atoms with E-state index in [1.807, 2.05) is 11.8 Å². The second-order valence-corrected chi connectivity index (χ2v) is 6.40. The Hall–Kier alpha value is 0.310. The summed E-state index contributed by atoms with van der Waals surface area (Å²) in [4.78, 5) is 4.65. The molecule has 0 amide bonds. The van der Waals surface area contributed by atoms with Crippen molar-refractivity contribution in [3.05, 3.63) is 0 Å². The normalized spacial score (nSPS) is 30.9. The molecular weight excluding hydrogens is 373 g/mol. The molecule has 4 nitrogen and oxygen atoms in total. The van der Waals surface area contributed by atoms with Crippen molar-refractivity contribution >= 4 is 41.7 Å². The van der Waals surface area contributed by atoms with Crippen LogP contribution < -0.4 is 10.6 Å². The lowest BCUT2D eigenvalue weighted by Crippen LogP contribution is -2.47. The Kier molecular flexibility index (Phi) is 7.83. The highest BCUT2D eigenvalue weighted by Crippen LogP contribution is 2.34. The van der Waals surface area contributed by atoms with E-state index in [4.69, 9.17) is 4.74 Å². The van der Waals surface area contributed by atoms with E-state index in [1.165, 1.54) is 12.8 Å². The van der Waals surface area contributed by atoms with Crippen LogP contribution in [0.1, 0.15) is 33.1 Å². The number of hydrogen-bond donors (Lipinski definition) is 2. The molecule has 2 heterocycles. The molecule has 0 aromatic heterocycles. The van der Waals surface area contributed by atoms with Crippen molar-refractivity contribution in [1.82, 2.24) is 10.6 Å². The SMILES string of the molecule is CCNC(=NCC(C)SC)NC1CC2CCC1O2.I. The van der Waals surface area contributed by atoms with Crippen LogP contribution in [-0.4, -0.2) is 48.8 Å². The second kappa shape index (κ2) is 8.56. The van der Waals surface area contributed by atoms with Gasteiger partial charge >= 0.3 is 0 Å². The molecule has 4 atom stereocenters. The molecule has 2 N–H and O–H groups in total. The van der Waals surface area contributed by atoms with Crippen LogP contribution in [0, 0.1) is 0 Å². The van der Waals surface area contributed by atoms with Gasteiger partial charge in [-0.25, -0.2) is 0 Å². The molecule has 2 rings (SSSR count). The lowest BCUT2D eigenvalue weighted by Gasteiger charge is -2.22. The fourth-order valence-electron chi connectivity index (χ4n) is 2.58. The van der Waals surface area contributed by atoms with Gasteiger partial charge in [0.05, 0.1) is 24.8 Å². The first-order valence-electron chi connectivity index (χ1n) is 6.96. The summed E-state index contributed by atoms with van der Waals surface area (Å²) in [6.45, 7) is 6.07. The fourth-order valence-corrected chi connectivity index (χ4v) is 2.80. The molecule has 19 heavy (non-hydrogen) atoms. The molecule has 2 bridgehead atoms. The van der Waals surface area contributed by atoms with Crippen molar-refractivity contribution in [3.8, 4) is 0 Å². The summed E-state index contributed by atoms with van der Waals surface area (Å²) in [6, 6.07) is 0.450. The molecule has 0 aliphatic carbocycles. The van der Waals surface area contributed by atoms with Crippen molar-refractivity contribution in [3.63, 3.8) is 0 Å². The summed E-state index contributed by atoms with van der Waals surface area (Å²) in [6.07, 6.45) is 6.58. The summed E-state index contributed by atoms with van der Waals surface area (Å²) < 4.78 is 5.86. The summed E-state index contributed by atoms with van der Waals surface area (Å²) in [5.74, 6) is 0.944. The molecule has 2 fully saturated rings. The van der Waals surface area contributed by atoms with Gasteiger partial charge in [0.15, 0.2) is 5.96 Å². The standard InChI is InChI=1S/C13H25N3OS.HI/c1-4-14-13(15-8-9(2)18-3)16-11-7-10-5-6-12(11)17-10;/h9-12H,4-8H2,1-3H3,(H2,14,15,16);1H. The van der Waals surface area contributed by atoms with Gasteiger partial charge in [0.25, 0.3) is 0 Å². The largest absolute Gasteiger partial charge is 0.373 e. The van der Waals surface area contributed by atoms with E-state index in [1.54, 1.807) is 0 Å². The zero-order valence-corrected chi connectivity index (χ0v) is 15.2. The van der Waals surface area contributed by atoms with E-state index in [0.717, 1.165) is 25.5 Å². The predicted molar refractivity (Wildman–Crippen MR) is 93.8 cm³/mol. The van der Waals surface area contributed by atoms with Crippen LogP contribution in [0.3, 0.4) is 0 Å². The number of thioether (sulfide) groups is 1. The lowest BCUT2D eigenvalue weighted by molar-refractivity contribution is 0.0992. The zero-order valence-electron chi connectivity index (χ0n) is 12.0. The monoisotopic (exact) mass is 399 g/mol. The van der Waals surface area contributed by atoms with Crippen LogP contribution in [0.4, 0.5) is 0 Å². The molecule has 0 saturated carbocycles. The molecule has 0 spiro atoms. The van der Waals surface area contributed by atoms with E-state index in [0.29, 0.717) is 23.5 Å². The Balaban J connectivity index is 0.00000180. The Morgan fingerprint density at radius 3 is 2.79 bits per heavy atom. The quantitative estimate of drug-likeness (QED) is 0.423. The number of hydrogen-bond acceptors (Lipinski definition) is 3. The number of nitrogens with zero attached hydrogens (tertiary/aromatic N) is 1. The molecule has 112 valence electrons. The number of guanidine groups is 1. The Bertz CT molecular complexity index is 304. The molecule has 0 radical (unpaired) electrons. The van der Waals surface area contributed by atoms with Gasteiger partial charge in [-0.1, -0.05) is 6.92 Å². The first-order valence-corrected chi connectivity index (χ1v) is 8.24. The van der Waals surface area contributed by atoms with Crippen LogP contribution in [0.15, 0.2) is 4.99 Å². The van der Waals surface area contributed by atoms with Crippen molar-refractivity contribution < 1.29 is 4.74 Å². The van der Waals surface area contributed by atoms with E-state index < -0.39 is 0 Å². The third-order valence-corrected chi connectivity index (χ3v) is 4.64. The Morgan fingerprint density at radius 1 is 1.47 bits per heavy atom. The Morgan fingerprint density at radius 2 is 2.26 bits per heavy atom. The van der Waals surface area contributed by atoms with Crippen LogP contribution in [0.5, 0.6) is 0 Å². The van der Waals surface area contributed by atoms with Gasteiger partial charge in [-0.3, -0.25) is 4.99 Å². The van der Waals surface area contributed by atoms with Crippen LogP contribution in [-0.2, 0) is 4.74 Å². The molecule has 0 aromatic rings. The minimum Gasteiger partial charge on any atom is -0.373 e. The van der Waals surface area contributed by atoms with Gasteiger partial charge < -0.3 is 15.4 Å². The number of aliphatic imine (C=N–C) groups is 1. The number of nitrogens with one attached hydrogen (secondary N) is 2. The number of fused-ring (bicyclic) bond motifs is 2. The maximum atomic E-state index is 5.86. The first kappa shape index (κ1) is 17.4. The summed E-state index contributed by atoms with van der Waals surface area (Å²) in [7, 11) is 0. The van der Waals surface area contributed by atoms with Gasteiger partial charge in [0, 0.05) is 11.8 Å². The third kappa shape index (κ3) is 4.97. The summed E-state index contributed by atoms with van der Waals surface area (Å²) in [5.41, 5.74) is 0. The molecule has 4 unspecified atom stereocenters. The average Bonchev–Trinajstić information content (AvgIpc) is 2.98. The van der Waals surface area contributed by atoms with E-state index >= 15 is 0 Å². The van der Waals surface area contributed by atoms with Crippen molar-refractivity contribution in [2.24, 2.45) is 4.99 Å². The molecule has 2 saturated heterocycles. The van der Waals surface area contributed by atoms with Crippen LogP contribution in [0.25, 0.3) is 0 Å². The van der Waals surface area contributed by atoms with E-state index in [2.05, 4.69) is 35.7 Å². The van der Waals surface area contributed by atoms with Gasteiger partial charge in [0.2, 0.25) is 0 Å². The number of ether oxygens (including phenoxy) is 1. The topological polar surface area (TPSA) is 45.7 Å². The van der Waals surface area contributed by atoms with E-state index in [-0.39, 0.29) is 24.0 Å². The van der Waals surface area contributed by atoms with Crippen LogP contribution in [0.2, 0.25) is 0 Å². The van der Waals surface area contributed by atoms with E-state index in [9.17, 15) is 0 Å². The van der Waals surface area contributed by atoms with Crippen molar-refractivity contribution in [1.29, 1.82) is 0 Å². The first-order chi connectivity index (χ1) is 8.72. The lowest BCUT2D eigenvalue weighted by atomic mass is 9.96. The second-order valence-electron chi connectivity index (χ2n) is 5.13. The highest BCUT2D eigenvalue weighted by Gasteiger charge is 2.41. The molecule has 2 aliphatic heterocycles. The highest BCUT2D eigenvalue weighted by molar-refractivity contribution is 14.0.